The molecule has 2 heterocycles. The first-order valence-electron chi connectivity index (χ1n) is 6.77. The number of rotatable bonds is 4. The average Bonchev–Trinajstić information content (AvgIpc) is 2.39. The molecule has 0 unspecified atom stereocenters. The highest BCUT2D eigenvalue weighted by Gasteiger charge is 2.19. The van der Waals surface area contributed by atoms with E-state index in [4.69, 9.17) is 5.73 Å². The van der Waals surface area contributed by atoms with E-state index < -0.39 is 5.91 Å². The normalized spacial score (nSPS) is 16.3. The third kappa shape index (κ3) is 3.44. The standard InChI is InChI=1S/C14H22N4O/c1-10-3-4-12(13(15)19)14(17-10)18(2)9-11-5-7-16-8-6-11/h3-4,11,16H,5-9H2,1-2H3,(H2,15,19). The van der Waals surface area contributed by atoms with E-state index in [0.29, 0.717) is 17.3 Å². The molecule has 1 amide bonds. The molecule has 1 aromatic rings. The number of hydrogen-bond acceptors (Lipinski definition) is 4. The van der Waals surface area contributed by atoms with Gasteiger partial charge in [0, 0.05) is 19.3 Å². The van der Waals surface area contributed by atoms with Gasteiger partial charge >= 0.3 is 0 Å². The Morgan fingerprint density at radius 1 is 1.47 bits per heavy atom. The summed E-state index contributed by atoms with van der Waals surface area (Å²) in [6.45, 7) is 4.98. The number of anilines is 1. The Labute approximate surface area is 114 Å². The van der Waals surface area contributed by atoms with Crippen molar-refractivity contribution in [3.8, 4) is 0 Å². The van der Waals surface area contributed by atoms with Crippen molar-refractivity contribution in [3.63, 3.8) is 0 Å². The summed E-state index contributed by atoms with van der Waals surface area (Å²) in [7, 11) is 1.98. The van der Waals surface area contributed by atoms with Gasteiger partial charge in [-0.15, -0.1) is 0 Å². The lowest BCUT2D eigenvalue weighted by Gasteiger charge is -2.29. The third-order valence-corrected chi connectivity index (χ3v) is 3.63. The summed E-state index contributed by atoms with van der Waals surface area (Å²) < 4.78 is 0. The van der Waals surface area contributed by atoms with Crippen molar-refractivity contribution >= 4 is 11.7 Å². The van der Waals surface area contributed by atoms with Gasteiger partial charge in [-0.2, -0.15) is 0 Å². The van der Waals surface area contributed by atoms with Crippen molar-refractivity contribution in [1.82, 2.24) is 10.3 Å². The summed E-state index contributed by atoms with van der Waals surface area (Å²) in [5, 5.41) is 3.36. The summed E-state index contributed by atoms with van der Waals surface area (Å²) in [5.74, 6) is 0.931. The Morgan fingerprint density at radius 2 is 2.16 bits per heavy atom. The summed E-state index contributed by atoms with van der Waals surface area (Å²) in [6, 6.07) is 3.58. The Kier molecular flexibility index (Phi) is 4.37. The van der Waals surface area contributed by atoms with Crippen molar-refractivity contribution in [1.29, 1.82) is 0 Å². The number of pyridine rings is 1. The van der Waals surface area contributed by atoms with Crippen LogP contribution in [0.3, 0.4) is 0 Å². The molecule has 0 bridgehead atoms. The van der Waals surface area contributed by atoms with Crippen LogP contribution in [-0.4, -0.2) is 37.6 Å². The largest absolute Gasteiger partial charge is 0.365 e. The smallest absolute Gasteiger partial charge is 0.252 e. The second-order valence-electron chi connectivity index (χ2n) is 5.26. The Bertz CT molecular complexity index is 455. The predicted octanol–water partition coefficient (Wildman–Crippen LogP) is 0.925. The maximum atomic E-state index is 11.5. The molecular formula is C14H22N4O. The van der Waals surface area contributed by atoms with Crippen molar-refractivity contribution in [2.24, 2.45) is 11.7 Å². The summed E-state index contributed by atoms with van der Waals surface area (Å²) in [5.41, 5.74) is 6.82. The second kappa shape index (κ2) is 6.02. The van der Waals surface area contributed by atoms with Gasteiger partial charge in [0.1, 0.15) is 5.82 Å². The lowest BCUT2D eigenvalue weighted by atomic mass is 9.97. The Balaban J connectivity index is 2.14. The predicted molar refractivity (Wildman–Crippen MR) is 76.4 cm³/mol. The monoisotopic (exact) mass is 262 g/mol. The van der Waals surface area contributed by atoms with E-state index in [0.717, 1.165) is 25.3 Å². The number of primary amides is 1. The molecule has 0 saturated carbocycles. The first kappa shape index (κ1) is 13.8. The average molecular weight is 262 g/mol. The molecule has 104 valence electrons. The molecule has 1 fully saturated rings. The molecule has 0 aromatic carbocycles. The highest BCUT2D eigenvalue weighted by atomic mass is 16.1. The molecule has 2 rings (SSSR count). The minimum absolute atomic E-state index is 0.417. The minimum Gasteiger partial charge on any atom is -0.365 e. The molecule has 0 atom stereocenters. The van der Waals surface area contributed by atoms with E-state index in [2.05, 4.69) is 15.2 Å². The topological polar surface area (TPSA) is 71.2 Å². The van der Waals surface area contributed by atoms with Gasteiger partial charge in [0.2, 0.25) is 0 Å². The van der Waals surface area contributed by atoms with Gasteiger partial charge in [-0.3, -0.25) is 4.79 Å². The number of nitrogens with one attached hydrogen (secondary N) is 1. The van der Waals surface area contributed by atoms with Crippen molar-refractivity contribution in [2.45, 2.75) is 19.8 Å². The summed E-state index contributed by atoms with van der Waals surface area (Å²) >= 11 is 0. The molecule has 5 heteroatoms. The van der Waals surface area contributed by atoms with Gasteiger partial charge in [0.15, 0.2) is 0 Å². The van der Waals surface area contributed by atoms with E-state index in [9.17, 15) is 4.79 Å². The SMILES string of the molecule is Cc1ccc(C(N)=O)c(N(C)CC2CCNCC2)n1. The lowest BCUT2D eigenvalue weighted by Crippen LogP contribution is -2.35. The van der Waals surface area contributed by atoms with Gasteiger partial charge in [0.25, 0.3) is 5.91 Å². The number of nitrogens with two attached hydrogens (primary N) is 1. The van der Waals surface area contributed by atoms with E-state index in [1.54, 1.807) is 6.07 Å². The highest BCUT2D eigenvalue weighted by Crippen LogP contribution is 2.20. The first-order chi connectivity index (χ1) is 9.08. The van der Waals surface area contributed by atoms with E-state index in [1.807, 2.05) is 20.0 Å². The number of carbonyl (C=O) groups excluding carboxylic acids is 1. The van der Waals surface area contributed by atoms with E-state index >= 15 is 0 Å². The van der Waals surface area contributed by atoms with Crippen LogP contribution in [0.15, 0.2) is 12.1 Å². The van der Waals surface area contributed by atoms with Crippen LogP contribution in [0.1, 0.15) is 28.9 Å². The fourth-order valence-corrected chi connectivity index (χ4v) is 2.56. The minimum atomic E-state index is -0.417. The molecule has 0 spiro atoms. The number of aryl methyl sites for hydroxylation is 1. The Morgan fingerprint density at radius 3 is 2.79 bits per heavy atom. The molecule has 0 radical (unpaired) electrons. The van der Waals surface area contributed by atoms with E-state index in [-0.39, 0.29) is 0 Å². The van der Waals surface area contributed by atoms with Crippen LogP contribution in [0.4, 0.5) is 5.82 Å². The molecule has 0 aliphatic carbocycles. The van der Waals surface area contributed by atoms with E-state index in [1.165, 1.54) is 12.8 Å². The van der Waals surface area contributed by atoms with Crippen LogP contribution in [0.2, 0.25) is 0 Å². The molecule has 19 heavy (non-hydrogen) atoms. The van der Waals surface area contributed by atoms with Crippen molar-refractivity contribution in [2.75, 3.05) is 31.6 Å². The number of piperidine rings is 1. The fraction of sp³-hybridized carbons (Fsp3) is 0.571. The molecule has 5 nitrogen and oxygen atoms in total. The molecule has 1 aliphatic heterocycles. The number of carbonyl (C=O) groups is 1. The molecule has 1 saturated heterocycles. The van der Waals surface area contributed by atoms with Gasteiger partial charge < -0.3 is 16.0 Å². The van der Waals surface area contributed by atoms with Crippen LogP contribution in [0.25, 0.3) is 0 Å². The zero-order valence-corrected chi connectivity index (χ0v) is 11.6. The zero-order valence-electron chi connectivity index (χ0n) is 11.6. The van der Waals surface area contributed by atoms with Gasteiger partial charge in [0.05, 0.1) is 5.56 Å². The zero-order chi connectivity index (χ0) is 13.8. The fourth-order valence-electron chi connectivity index (χ4n) is 2.56. The lowest BCUT2D eigenvalue weighted by molar-refractivity contribution is 0.100. The molecule has 3 N–H and O–H groups in total. The van der Waals surface area contributed by atoms with Gasteiger partial charge in [-0.1, -0.05) is 0 Å². The van der Waals surface area contributed by atoms with Crippen LogP contribution in [0, 0.1) is 12.8 Å². The second-order valence-corrected chi connectivity index (χ2v) is 5.26. The first-order valence-corrected chi connectivity index (χ1v) is 6.77. The number of nitrogens with zero attached hydrogens (tertiary/aromatic N) is 2. The summed E-state index contributed by atoms with van der Waals surface area (Å²) in [6.07, 6.45) is 2.34. The Hall–Kier alpha value is -1.62. The van der Waals surface area contributed by atoms with Gasteiger partial charge in [-0.25, -0.2) is 4.98 Å². The van der Waals surface area contributed by atoms with Crippen LogP contribution < -0.4 is 16.0 Å². The maximum Gasteiger partial charge on any atom is 0.252 e. The number of aromatic nitrogens is 1. The highest BCUT2D eigenvalue weighted by molar-refractivity contribution is 5.97. The van der Waals surface area contributed by atoms with Crippen LogP contribution >= 0.6 is 0 Å². The molecule has 1 aromatic heterocycles. The number of amides is 1. The quantitative estimate of drug-likeness (QED) is 0.846. The summed E-state index contributed by atoms with van der Waals surface area (Å²) in [4.78, 5) is 18.0. The molecular weight excluding hydrogens is 240 g/mol. The van der Waals surface area contributed by atoms with Crippen LogP contribution in [0.5, 0.6) is 0 Å². The van der Waals surface area contributed by atoms with Crippen molar-refractivity contribution < 1.29 is 4.79 Å². The molecule has 1 aliphatic rings. The number of hydrogen-bond donors (Lipinski definition) is 2. The maximum absolute atomic E-state index is 11.5. The van der Waals surface area contributed by atoms with Crippen LogP contribution in [-0.2, 0) is 0 Å². The third-order valence-electron chi connectivity index (χ3n) is 3.63. The van der Waals surface area contributed by atoms with Gasteiger partial charge in [-0.05, 0) is 50.9 Å². The van der Waals surface area contributed by atoms with Crippen molar-refractivity contribution in [3.05, 3.63) is 23.4 Å².